The van der Waals surface area contributed by atoms with Gasteiger partial charge in [0.2, 0.25) is 0 Å². The topological polar surface area (TPSA) is 51.0 Å². The third kappa shape index (κ3) is 3.11. The molecule has 1 aromatic rings. The van der Waals surface area contributed by atoms with Crippen molar-refractivity contribution in [2.24, 2.45) is 11.8 Å². The van der Waals surface area contributed by atoms with Crippen LogP contribution in [-0.4, -0.2) is 38.4 Å². The number of rotatable bonds is 4. The third-order valence-electron chi connectivity index (χ3n) is 4.96. The molecule has 2 aliphatic rings. The van der Waals surface area contributed by atoms with Crippen molar-refractivity contribution in [3.8, 4) is 0 Å². The Balaban J connectivity index is 1.65. The largest absolute Gasteiger partial charge is 0.334 e. The van der Waals surface area contributed by atoms with E-state index in [0.717, 1.165) is 38.3 Å². The molecule has 1 saturated heterocycles. The van der Waals surface area contributed by atoms with Gasteiger partial charge in [-0.15, -0.1) is 5.10 Å². The number of carbonyl (C=O) groups excluding carboxylic acids is 1. The highest BCUT2D eigenvalue weighted by molar-refractivity contribution is 5.92. The Bertz CT molecular complexity index is 496. The van der Waals surface area contributed by atoms with Crippen molar-refractivity contribution in [1.82, 2.24) is 19.9 Å². The summed E-state index contributed by atoms with van der Waals surface area (Å²) >= 11 is 0. The molecule has 2 unspecified atom stereocenters. The normalized spacial score (nSPS) is 25.4. The molecule has 5 heteroatoms. The Hall–Kier alpha value is -1.39. The highest BCUT2D eigenvalue weighted by Crippen LogP contribution is 2.36. The molecule has 21 heavy (non-hydrogen) atoms. The minimum Gasteiger partial charge on any atom is -0.334 e. The van der Waals surface area contributed by atoms with Crippen molar-refractivity contribution in [2.45, 2.75) is 65.0 Å². The molecule has 2 atom stereocenters. The summed E-state index contributed by atoms with van der Waals surface area (Å²) in [4.78, 5) is 14.7. The Morgan fingerprint density at radius 2 is 2.14 bits per heavy atom. The van der Waals surface area contributed by atoms with E-state index in [0.29, 0.717) is 17.7 Å². The Morgan fingerprint density at radius 1 is 1.33 bits per heavy atom. The lowest BCUT2D eigenvalue weighted by Crippen LogP contribution is -2.39. The van der Waals surface area contributed by atoms with E-state index in [1.165, 1.54) is 19.3 Å². The first-order valence-electron chi connectivity index (χ1n) is 8.36. The van der Waals surface area contributed by atoms with Gasteiger partial charge in [0.15, 0.2) is 5.69 Å². The van der Waals surface area contributed by atoms with Crippen molar-refractivity contribution in [1.29, 1.82) is 0 Å². The molecule has 116 valence electrons. The number of aryl methyl sites for hydroxylation is 1. The minimum absolute atomic E-state index is 0.0835. The molecular formula is C16H26N4O. The standard InChI is InChI=1S/C16H26N4O/c1-12(2)7-9-19-11-14(17-18-19)16(21)20-10-8-13-5-3-4-6-15(13)20/h11-13,15H,3-10H2,1-2H3. The first kappa shape index (κ1) is 14.5. The van der Waals surface area contributed by atoms with Crippen LogP contribution in [0.2, 0.25) is 0 Å². The van der Waals surface area contributed by atoms with Gasteiger partial charge in [0, 0.05) is 19.1 Å². The summed E-state index contributed by atoms with van der Waals surface area (Å²) in [7, 11) is 0. The highest BCUT2D eigenvalue weighted by Gasteiger charge is 2.39. The number of amides is 1. The summed E-state index contributed by atoms with van der Waals surface area (Å²) in [6, 6.07) is 0.451. The van der Waals surface area contributed by atoms with E-state index in [9.17, 15) is 4.79 Å². The second-order valence-electron chi connectivity index (χ2n) is 6.95. The molecule has 0 N–H and O–H groups in total. The lowest BCUT2D eigenvalue weighted by Gasteiger charge is -2.31. The maximum Gasteiger partial charge on any atom is 0.276 e. The van der Waals surface area contributed by atoms with E-state index in [1.807, 2.05) is 10.9 Å². The summed E-state index contributed by atoms with van der Waals surface area (Å²) in [5.74, 6) is 1.44. The van der Waals surface area contributed by atoms with Crippen molar-refractivity contribution in [3.05, 3.63) is 11.9 Å². The van der Waals surface area contributed by atoms with Gasteiger partial charge in [-0.3, -0.25) is 9.48 Å². The number of hydrogen-bond acceptors (Lipinski definition) is 3. The quantitative estimate of drug-likeness (QED) is 0.856. The van der Waals surface area contributed by atoms with E-state index >= 15 is 0 Å². The SMILES string of the molecule is CC(C)CCn1cc(C(=O)N2CCC3CCCCC32)nn1. The lowest BCUT2D eigenvalue weighted by atomic mass is 9.85. The van der Waals surface area contributed by atoms with E-state index in [-0.39, 0.29) is 5.91 Å². The van der Waals surface area contributed by atoms with Crippen LogP contribution in [0.1, 0.15) is 62.9 Å². The van der Waals surface area contributed by atoms with Gasteiger partial charge in [-0.1, -0.05) is 31.9 Å². The van der Waals surface area contributed by atoms with Crippen molar-refractivity contribution in [3.63, 3.8) is 0 Å². The van der Waals surface area contributed by atoms with Gasteiger partial charge in [0.05, 0.1) is 6.20 Å². The van der Waals surface area contributed by atoms with Crippen LogP contribution >= 0.6 is 0 Å². The number of carbonyl (C=O) groups is 1. The fraction of sp³-hybridized carbons (Fsp3) is 0.812. The molecular weight excluding hydrogens is 264 g/mol. The number of hydrogen-bond donors (Lipinski definition) is 0. The van der Waals surface area contributed by atoms with E-state index in [2.05, 4.69) is 29.1 Å². The molecule has 0 aromatic carbocycles. The van der Waals surface area contributed by atoms with Crippen molar-refractivity contribution in [2.75, 3.05) is 6.54 Å². The molecule has 2 heterocycles. The van der Waals surface area contributed by atoms with Crippen LogP contribution in [0.5, 0.6) is 0 Å². The molecule has 1 aromatic heterocycles. The zero-order chi connectivity index (χ0) is 14.8. The Morgan fingerprint density at radius 3 is 2.95 bits per heavy atom. The smallest absolute Gasteiger partial charge is 0.276 e. The van der Waals surface area contributed by atoms with Crippen LogP contribution in [0.4, 0.5) is 0 Å². The highest BCUT2D eigenvalue weighted by atomic mass is 16.2. The monoisotopic (exact) mass is 290 g/mol. The fourth-order valence-corrected chi connectivity index (χ4v) is 3.70. The first-order chi connectivity index (χ1) is 10.1. The fourth-order valence-electron chi connectivity index (χ4n) is 3.70. The first-order valence-corrected chi connectivity index (χ1v) is 8.36. The minimum atomic E-state index is 0.0835. The average molecular weight is 290 g/mol. The molecule has 2 fully saturated rings. The lowest BCUT2D eigenvalue weighted by molar-refractivity contribution is 0.0684. The van der Waals surface area contributed by atoms with Gasteiger partial charge >= 0.3 is 0 Å². The molecule has 1 amide bonds. The van der Waals surface area contributed by atoms with Gasteiger partial charge in [-0.2, -0.15) is 0 Å². The maximum absolute atomic E-state index is 12.7. The van der Waals surface area contributed by atoms with Gasteiger partial charge in [0.1, 0.15) is 0 Å². The number of likely N-dealkylation sites (tertiary alicyclic amines) is 1. The van der Waals surface area contributed by atoms with E-state index in [1.54, 1.807) is 0 Å². The molecule has 0 spiro atoms. The van der Waals surface area contributed by atoms with Gasteiger partial charge in [-0.25, -0.2) is 0 Å². The summed E-state index contributed by atoms with van der Waals surface area (Å²) in [6.07, 6.45) is 9.08. The van der Waals surface area contributed by atoms with Crippen LogP contribution in [-0.2, 0) is 6.54 Å². The molecule has 0 radical (unpaired) electrons. The van der Waals surface area contributed by atoms with Gasteiger partial charge in [-0.05, 0) is 37.5 Å². The van der Waals surface area contributed by atoms with E-state index in [4.69, 9.17) is 0 Å². The second kappa shape index (κ2) is 6.16. The van der Waals surface area contributed by atoms with Crippen LogP contribution in [0.25, 0.3) is 0 Å². The molecule has 3 rings (SSSR count). The number of fused-ring (bicyclic) bond motifs is 1. The van der Waals surface area contributed by atoms with Gasteiger partial charge < -0.3 is 4.90 Å². The van der Waals surface area contributed by atoms with Crippen molar-refractivity contribution >= 4 is 5.91 Å². The summed E-state index contributed by atoms with van der Waals surface area (Å²) < 4.78 is 1.81. The van der Waals surface area contributed by atoms with Crippen LogP contribution in [0.15, 0.2) is 6.20 Å². The zero-order valence-corrected chi connectivity index (χ0v) is 13.2. The van der Waals surface area contributed by atoms with Crippen LogP contribution < -0.4 is 0 Å². The van der Waals surface area contributed by atoms with Gasteiger partial charge in [0.25, 0.3) is 5.91 Å². The average Bonchev–Trinajstić information content (AvgIpc) is 3.11. The maximum atomic E-state index is 12.7. The predicted molar refractivity (Wildman–Crippen MR) is 80.9 cm³/mol. The molecule has 0 bridgehead atoms. The van der Waals surface area contributed by atoms with Crippen LogP contribution in [0, 0.1) is 11.8 Å². The third-order valence-corrected chi connectivity index (χ3v) is 4.96. The Labute approximate surface area is 126 Å². The number of aromatic nitrogens is 3. The number of nitrogens with zero attached hydrogens (tertiary/aromatic N) is 4. The predicted octanol–water partition coefficient (Wildman–Crippen LogP) is 2.73. The molecule has 5 nitrogen and oxygen atoms in total. The Kier molecular flexibility index (Phi) is 4.27. The molecule has 1 aliphatic carbocycles. The van der Waals surface area contributed by atoms with Crippen LogP contribution in [0.3, 0.4) is 0 Å². The summed E-state index contributed by atoms with van der Waals surface area (Å²) in [5.41, 5.74) is 0.518. The summed E-state index contributed by atoms with van der Waals surface area (Å²) in [5, 5.41) is 8.20. The van der Waals surface area contributed by atoms with Crippen molar-refractivity contribution < 1.29 is 4.79 Å². The molecule has 1 aliphatic heterocycles. The van der Waals surface area contributed by atoms with E-state index < -0.39 is 0 Å². The zero-order valence-electron chi connectivity index (χ0n) is 13.2. The summed E-state index contributed by atoms with van der Waals surface area (Å²) in [6.45, 7) is 6.11. The molecule has 1 saturated carbocycles. The second-order valence-corrected chi connectivity index (χ2v) is 6.95.